The molecule has 0 amide bonds. The van der Waals surface area contributed by atoms with Crippen molar-refractivity contribution in [2.45, 2.75) is 11.0 Å². The third-order valence-corrected chi connectivity index (χ3v) is 4.31. The van der Waals surface area contributed by atoms with Crippen LogP contribution in [0, 0.1) is 5.82 Å². The van der Waals surface area contributed by atoms with Gasteiger partial charge in [0.2, 0.25) is 0 Å². The minimum Gasteiger partial charge on any atom is -0.486 e. The lowest BCUT2D eigenvalue weighted by Crippen LogP contribution is -2.15. The molecular formula is C16H15FO3S. The first-order valence-electron chi connectivity index (χ1n) is 6.69. The summed E-state index contributed by atoms with van der Waals surface area (Å²) < 4.78 is 24.5. The van der Waals surface area contributed by atoms with Crippen LogP contribution in [-0.2, 0) is 0 Å². The molecule has 3 nitrogen and oxygen atoms in total. The first-order valence-corrected chi connectivity index (χ1v) is 7.67. The lowest BCUT2D eigenvalue weighted by atomic mass is 10.1. The molecule has 0 saturated heterocycles. The van der Waals surface area contributed by atoms with Gasteiger partial charge >= 0.3 is 0 Å². The summed E-state index contributed by atoms with van der Waals surface area (Å²) in [6, 6.07) is 11.9. The highest BCUT2D eigenvalue weighted by Crippen LogP contribution is 2.34. The van der Waals surface area contributed by atoms with Gasteiger partial charge in [-0.2, -0.15) is 0 Å². The molecule has 0 spiro atoms. The fourth-order valence-corrected chi connectivity index (χ4v) is 3.00. The molecule has 5 heteroatoms. The summed E-state index contributed by atoms with van der Waals surface area (Å²) in [4.78, 5) is 0.536. The third-order valence-electron chi connectivity index (χ3n) is 3.18. The van der Waals surface area contributed by atoms with Gasteiger partial charge in [-0.1, -0.05) is 18.2 Å². The van der Waals surface area contributed by atoms with Crippen molar-refractivity contribution in [1.82, 2.24) is 0 Å². The second-order valence-electron chi connectivity index (χ2n) is 4.66. The topological polar surface area (TPSA) is 38.7 Å². The molecule has 1 aliphatic heterocycles. The second-order valence-corrected chi connectivity index (χ2v) is 5.72. The van der Waals surface area contributed by atoms with Gasteiger partial charge in [0, 0.05) is 10.6 Å². The average molecular weight is 306 g/mol. The summed E-state index contributed by atoms with van der Waals surface area (Å²) in [5, 5.41) is 10.2. The van der Waals surface area contributed by atoms with Crippen LogP contribution in [0.2, 0.25) is 0 Å². The van der Waals surface area contributed by atoms with E-state index in [0.717, 1.165) is 5.56 Å². The lowest BCUT2D eigenvalue weighted by molar-refractivity contribution is 0.169. The van der Waals surface area contributed by atoms with E-state index in [2.05, 4.69) is 0 Å². The molecule has 110 valence electrons. The molecule has 0 fully saturated rings. The molecular weight excluding hydrogens is 291 g/mol. The Morgan fingerprint density at radius 3 is 2.67 bits per heavy atom. The zero-order chi connectivity index (χ0) is 14.7. The first-order chi connectivity index (χ1) is 10.2. The molecule has 2 aromatic rings. The number of benzene rings is 2. The molecule has 1 N–H and O–H groups in total. The van der Waals surface area contributed by atoms with Gasteiger partial charge in [0.05, 0.1) is 6.10 Å². The Labute approximate surface area is 126 Å². The average Bonchev–Trinajstić information content (AvgIpc) is 2.53. The predicted octanol–water partition coefficient (Wildman–Crippen LogP) is 3.42. The van der Waals surface area contributed by atoms with Gasteiger partial charge < -0.3 is 14.6 Å². The summed E-state index contributed by atoms with van der Waals surface area (Å²) in [5.74, 6) is 1.45. The van der Waals surface area contributed by atoms with Crippen LogP contribution >= 0.6 is 11.8 Å². The van der Waals surface area contributed by atoms with Crippen molar-refractivity contribution in [3.8, 4) is 11.5 Å². The lowest BCUT2D eigenvalue weighted by Gasteiger charge is -2.20. The normalized spacial score (nSPS) is 14.8. The molecule has 3 rings (SSSR count). The van der Waals surface area contributed by atoms with Crippen LogP contribution < -0.4 is 9.47 Å². The van der Waals surface area contributed by atoms with Crippen LogP contribution in [0.25, 0.3) is 0 Å². The van der Waals surface area contributed by atoms with Crippen LogP contribution in [0.4, 0.5) is 4.39 Å². The molecule has 1 atom stereocenters. The van der Waals surface area contributed by atoms with Crippen molar-refractivity contribution in [2.24, 2.45) is 0 Å². The van der Waals surface area contributed by atoms with E-state index in [1.807, 2.05) is 0 Å². The number of fused-ring (bicyclic) bond motifs is 1. The van der Waals surface area contributed by atoms with E-state index in [1.54, 1.807) is 36.4 Å². The van der Waals surface area contributed by atoms with Gasteiger partial charge in [0.15, 0.2) is 11.5 Å². The molecule has 1 unspecified atom stereocenters. The molecule has 1 aliphatic rings. The highest BCUT2D eigenvalue weighted by Gasteiger charge is 2.16. The van der Waals surface area contributed by atoms with E-state index in [4.69, 9.17) is 9.47 Å². The Morgan fingerprint density at radius 1 is 1.10 bits per heavy atom. The van der Waals surface area contributed by atoms with Crippen molar-refractivity contribution in [1.29, 1.82) is 0 Å². The van der Waals surface area contributed by atoms with Crippen molar-refractivity contribution in [3.63, 3.8) is 0 Å². The molecule has 0 aromatic heterocycles. The van der Waals surface area contributed by atoms with Crippen molar-refractivity contribution in [2.75, 3.05) is 19.0 Å². The highest BCUT2D eigenvalue weighted by molar-refractivity contribution is 7.99. The molecule has 0 saturated carbocycles. The largest absolute Gasteiger partial charge is 0.486 e. The van der Waals surface area contributed by atoms with E-state index in [1.165, 1.54) is 17.8 Å². The Hall–Kier alpha value is -1.72. The minimum atomic E-state index is -0.689. The van der Waals surface area contributed by atoms with Gasteiger partial charge in [0.25, 0.3) is 0 Å². The van der Waals surface area contributed by atoms with Crippen LogP contribution in [0.5, 0.6) is 11.5 Å². The Balaban J connectivity index is 1.68. The van der Waals surface area contributed by atoms with Gasteiger partial charge in [0.1, 0.15) is 19.0 Å². The van der Waals surface area contributed by atoms with Gasteiger partial charge in [-0.3, -0.25) is 0 Å². The Bertz CT molecular complexity index is 633. The maximum absolute atomic E-state index is 13.5. The number of halogens is 1. The number of ether oxygens (including phenoxy) is 2. The molecule has 21 heavy (non-hydrogen) atoms. The highest BCUT2D eigenvalue weighted by atomic mass is 32.2. The van der Waals surface area contributed by atoms with Gasteiger partial charge in [-0.15, -0.1) is 11.8 Å². The van der Waals surface area contributed by atoms with Gasteiger partial charge in [-0.25, -0.2) is 4.39 Å². The first kappa shape index (κ1) is 14.2. The zero-order valence-electron chi connectivity index (χ0n) is 11.3. The fraction of sp³-hybridized carbons (Fsp3) is 0.250. The maximum atomic E-state index is 13.5. The minimum absolute atomic E-state index is 0.267. The number of hydrogen-bond donors (Lipinski definition) is 1. The molecule has 0 bridgehead atoms. The molecule has 0 radical (unpaired) electrons. The van der Waals surface area contributed by atoms with Crippen LogP contribution in [-0.4, -0.2) is 24.1 Å². The van der Waals surface area contributed by atoms with E-state index in [0.29, 0.717) is 35.4 Å². The van der Waals surface area contributed by atoms with Crippen LogP contribution in [0.15, 0.2) is 47.4 Å². The summed E-state index contributed by atoms with van der Waals surface area (Å²) >= 11 is 1.29. The van der Waals surface area contributed by atoms with Gasteiger partial charge in [-0.05, 0) is 29.8 Å². The zero-order valence-corrected chi connectivity index (χ0v) is 12.1. The smallest absolute Gasteiger partial charge is 0.161 e. The van der Waals surface area contributed by atoms with Crippen LogP contribution in [0.1, 0.15) is 11.7 Å². The van der Waals surface area contributed by atoms with E-state index < -0.39 is 6.10 Å². The standard InChI is InChI=1S/C16H15FO3S/c17-12-3-1-2-4-16(12)21-10-13(18)11-5-6-14-15(9-11)20-8-7-19-14/h1-6,9,13,18H,7-8,10H2. The number of aliphatic hydroxyl groups is 1. The second kappa shape index (κ2) is 6.37. The van der Waals surface area contributed by atoms with E-state index >= 15 is 0 Å². The molecule has 1 heterocycles. The summed E-state index contributed by atoms with van der Waals surface area (Å²) in [7, 11) is 0. The maximum Gasteiger partial charge on any atom is 0.161 e. The molecule has 2 aromatic carbocycles. The number of thioether (sulfide) groups is 1. The monoisotopic (exact) mass is 306 g/mol. The Kier molecular flexibility index (Phi) is 4.31. The summed E-state index contributed by atoms with van der Waals surface area (Å²) in [6.07, 6.45) is -0.689. The fourth-order valence-electron chi connectivity index (χ4n) is 2.09. The van der Waals surface area contributed by atoms with Crippen molar-refractivity contribution < 1.29 is 19.0 Å². The van der Waals surface area contributed by atoms with Crippen molar-refractivity contribution in [3.05, 3.63) is 53.8 Å². The quantitative estimate of drug-likeness (QED) is 0.879. The van der Waals surface area contributed by atoms with Crippen LogP contribution in [0.3, 0.4) is 0 Å². The SMILES string of the molecule is OC(CSc1ccccc1F)c1ccc2c(c1)OCCO2. The molecule has 0 aliphatic carbocycles. The number of aliphatic hydroxyl groups excluding tert-OH is 1. The van der Waals surface area contributed by atoms with Crippen molar-refractivity contribution >= 4 is 11.8 Å². The number of hydrogen-bond acceptors (Lipinski definition) is 4. The van der Waals surface area contributed by atoms with E-state index in [9.17, 15) is 9.50 Å². The third kappa shape index (κ3) is 3.31. The van der Waals surface area contributed by atoms with E-state index in [-0.39, 0.29) is 5.82 Å². The summed E-state index contributed by atoms with van der Waals surface area (Å²) in [5.41, 5.74) is 0.739. The Morgan fingerprint density at radius 2 is 1.86 bits per heavy atom. The summed E-state index contributed by atoms with van der Waals surface area (Å²) in [6.45, 7) is 1.05. The predicted molar refractivity (Wildman–Crippen MR) is 79.5 cm³/mol. The number of rotatable bonds is 4.